The number of hydrogen-bond donors (Lipinski definition) is 1. The highest BCUT2D eigenvalue weighted by Crippen LogP contribution is 2.27. The van der Waals surface area contributed by atoms with Crippen molar-refractivity contribution in [2.75, 3.05) is 0 Å². The first kappa shape index (κ1) is 12.7. The molecule has 0 radical (unpaired) electrons. The van der Waals surface area contributed by atoms with Gasteiger partial charge in [-0.1, -0.05) is 30.3 Å². The number of nitrogens with one attached hydrogen (secondary N) is 1. The second kappa shape index (κ2) is 5.07. The number of aromatic nitrogens is 2. The molecule has 0 atom stereocenters. The molecule has 0 aromatic carbocycles. The number of nitrogens with zero attached hydrogens (tertiary/aromatic N) is 2. The summed E-state index contributed by atoms with van der Waals surface area (Å²) in [6.07, 6.45) is 6.30. The topological polar surface area (TPSA) is 58.1 Å². The van der Waals surface area contributed by atoms with E-state index in [0.29, 0.717) is 12.0 Å². The van der Waals surface area contributed by atoms with Gasteiger partial charge >= 0.3 is 0 Å². The smallest absolute Gasteiger partial charge is 0.258 e. The van der Waals surface area contributed by atoms with Gasteiger partial charge in [-0.2, -0.15) is 0 Å². The molecule has 0 saturated heterocycles. The van der Waals surface area contributed by atoms with Crippen molar-refractivity contribution in [1.29, 1.82) is 0 Å². The summed E-state index contributed by atoms with van der Waals surface area (Å²) in [5, 5.41) is 0. The lowest BCUT2D eigenvalue weighted by atomic mass is 10.0. The molecule has 0 fully saturated rings. The van der Waals surface area contributed by atoms with Gasteiger partial charge in [0.25, 0.3) is 5.56 Å². The van der Waals surface area contributed by atoms with Gasteiger partial charge in [-0.05, 0) is 24.3 Å². The van der Waals surface area contributed by atoms with E-state index in [0.717, 1.165) is 28.4 Å². The van der Waals surface area contributed by atoms with E-state index in [1.807, 2.05) is 54.6 Å². The van der Waals surface area contributed by atoms with E-state index in [-0.39, 0.29) is 5.56 Å². The quantitative estimate of drug-likeness (QED) is 0.745. The zero-order valence-electron chi connectivity index (χ0n) is 11.8. The Morgan fingerprint density at radius 2 is 1.95 bits per heavy atom. The number of H-pyrrole nitrogens is 1. The van der Waals surface area contributed by atoms with Crippen LogP contribution in [0.2, 0.25) is 0 Å². The van der Waals surface area contributed by atoms with Crippen LogP contribution < -0.4 is 5.56 Å². The standard InChI is InChI=1S/C18H13N3O/c22-18-17(12-6-2-1-3-7-13(12)21-18)16-9-4-8-14-15(20-16)10-5-11-19-14/h1-8,10-11H,9H2,(H,21,22). The van der Waals surface area contributed by atoms with E-state index in [9.17, 15) is 4.79 Å². The number of fused-ring (bicyclic) bond motifs is 2. The Kier molecular flexibility index (Phi) is 2.93. The average Bonchev–Trinajstić information content (AvgIpc) is 2.72. The summed E-state index contributed by atoms with van der Waals surface area (Å²) in [7, 11) is 0. The van der Waals surface area contributed by atoms with Gasteiger partial charge in [0.15, 0.2) is 0 Å². The SMILES string of the molecule is O=c1[nH]c2cccccc-2c1C1=Nc2cccnc2C=CC1. The second-order valence-electron chi connectivity index (χ2n) is 5.14. The van der Waals surface area contributed by atoms with E-state index in [1.165, 1.54) is 0 Å². The number of aliphatic imine (C=N–C) groups is 1. The summed E-state index contributed by atoms with van der Waals surface area (Å²) in [6.45, 7) is 0. The van der Waals surface area contributed by atoms with Crippen LogP contribution in [0.25, 0.3) is 17.3 Å². The van der Waals surface area contributed by atoms with Crippen molar-refractivity contribution in [3.8, 4) is 11.3 Å². The largest absolute Gasteiger partial charge is 0.321 e. The lowest BCUT2D eigenvalue weighted by molar-refractivity contribution is 1.27. The van der Waals surface area contributed by atoms with E-state index < -0.39 is 0 Å². The van der Waals surface area contributed by atoms with Crippen LogP contribution in [0.3, 0.4) is 0 Å². The van der Waals surface area contributed by atoms with Crippen molar-refractivity contribution in [2.45, 2.75) is 6.42 Å². The van der Waals surface area contributed by atoms with E-state index >= 15 is 0 Å². The maximum Gasteiger partial charge on any atom is 0.258 e. The fourth-order valence-corrected chi connectivity index (χ4v) is 2.73. The molecule has 0 spiro atoms. The molecule has 4 rings (SSSR count). The summed E-state index contributed by atoms with van der Waals surface area (Å²) >= 11 is 0. The first-order chi connectivity index (χ1) is 10.8. The predicted octanol–water partition coefficient (Wildman–Crippen LogP) is 3.41. The number of hydrogen-bond acceptors (Lipinski definition) is 3. The number of allylic oxidation sites excluding steroid dienone is 1. The van der Waals surface area contributed by atoms with Crippen LogP contribution in [-0.2, 0) is 0 Å². The zero-order valence-corrected chi connectivity index (χ0v) is 11.8. The minimum Gasteiger partial charge on any atom is -0.321 e. The third-order valence-corrected chi connectivity index (χ3v) is 3.73. The molecule has 1 aromatic heterocycles. The molecule has 22 heavy (non-hydrogen) atoms. The Bertz CT molecular complexity index is 937. The number of rotatable bonds is 1. The molecule has 3 aliphatic rings. The lowest BCUT2D eigenvalue weighted by Gasteiger charge is -2.03. The molecule has 4 heteroatoms. The Hall–Kier alpha value is -3.01. The Morgan fingerprint density at radius 1 is 1.05 bits per heavy atom. The number of pyridine rings is 1. The molecule has 1 aliphatic carbocycles. The molecular formula is C18H13N3O. The monoisotopic (exact) mass is 287 g/mol. The molecule has 2 aliphatic heterocycles. The minimum atomic E-state index is -0.0966. The average molecular weight is 287 g/mol. The van der Waals surface area contributed by atoms with Crippen LogP contribution in [-0.4, -0.2) is 15.7 Å². The van der Waals surface area contributed by atoms with Crippen molar-refractivity contribution < 1.29 is 0 Å². The number of aromatic amines is 1. The van der Waals surface area contributed by atoms with E-state index in [4.69, 9.17) is 0 Å². The third kappa shape index (κ3) is 2.05. The molecule has 1 N–H and O–H groups in total. The first-order valence-electron chi connectivity index (χ1n) is 7.13. The molecule has 0 bridgehead atoms. The predicted molar refractivity (Wildman–Crippen MR) is 87.8 cm³/mol. The Balaban J connectivity index is 1.95. The van der Waals surface area contributed by atoms with Gasteiger partial charge in [0.1, 0.15) is 0 Å². The van der Waals surface area contributed by atoms with Crippen molar-refractivity contribution in [2.24, 2.45) is 4.99 Å². The molecule has 0 saturated carbocycles. The molecule has 106 valence electrons. The lowest BCUT2D eigenvalue weighted by Crippen LogP contribution is -2.12. The van der Waals surface area contributed by atoms with Gasteiger partial charge in [0, 0.05) is 23.9 Å². The molecule has 4 nitrogen and oxygen atoms in total. The van der Waals surface area contributed by atoms with Crippen molar-refractivity contribution >= 4 is 17.5 Å². The summed E-state index contributed by atoms with van der Waals surface area (Å²) in [6, 6.07) is 13.4. The van der Waals surface area contributed by atoms with Gasteiger partial charge in [0.05, 0.1) is 22.7 Å². The second-order valence-corrected chi connectivity index (χ2v) is 5.14. The minimum absolute atomic E-state index is 0.0966. The van der Waals surface area contributed by atoms with Crippen LogP contribution in [0.4, 0.5) is 5.69 Å². The highest BCUT2D eigenvalue weighted by atomic mass is 16.1. The van der Waals surface area contributed by atoms with Gasteiger partial charge in [-0.3, -0.25) is 14.8 Å². The fraction of sp³-hybridized carbons (Fsp3) is 0.0556. The van der Waals surface area contributed by atoms with Crippen molar-refractivity contribution in [3.05, 3.63) is 76.3 Å². The normalized spacial score (nSPS) is 13.5. The molecule has 1 aromatic rings. The molecule has 0 unspecified atom stereocenters. The summed E-state index contributed by atoms with van der Waals surface area (Å²) in [5.41, 5.74) is 4.66. The summed E-state index contributed by atoms with van der Waals surface area (Å²) in [4.78, 5) is 24.3. The summed E-state index contributed by atoms with van der Waals surface area (Å²) < 4.78 is 0. The third-order valence-electron chi connectivity index (χ3n) is 3.73. The molecule has 0 amide bonds. The van der Waals surface area contributed by atoms with Crippen LogP contribution in [0.5, 0.6) is 0 Å². The first-order valence-corrected chi connectivity index (χ1v) is 7.13. The Labute approximate surface area is 127 Å². The van der Waals surface area contributed by atoms with E-state index in [2.05, 4.69) is 15.0 Å². The fourth-order valence-electron chi connectivity index (χ4n) is 2.73. The maximum atomic E-state index is 12.4. The van der Waals surface area contributed by atoms with Crippen molar-refractivity contribution in [1.82, 2.24) is 9.97 Å². The van der Waals surface area contributed by atoms with Gasteiger partial charge < -0.3 is 4.98 Å². The molecular weight excluding hydrogens is 274 g/mol. The van der Waals surface area contributed by atoms with Crippen LogP contribution in [0.1, 0.15) is 17.7 Å². The van der Waals surface area contributed by atoms with Gasteiger partial charge in [-0.25, -0.2) is 0 Å². The maximum absolute atomic E-state index is 12.4. The highest BCUT2D eigenvalue weighted by Gasteiger charge is 2.19. The van der Waals surface area contributed by atoms with Crippen LogP contribution in [0.15, 0.2) is 64.5 Å². The van der Waals surface area contributed by atoms with Gasteiger partial charge in [-0.15, -0.1) is 0 Å². The van der Waals surface area contributed by atoms with Crippen LogP contribution >= 0.6 is 0 Å². The van der Waals surface area contributed by atoms with Gasteiger partial charge in [0.2, 0.25) is 0 Å². The summed E-state index contributed by atoms with van der Waals surface area (Å²) in [5.74, 6) is 0. The highest BCUT2D eigenvalue weighted by molar-refractivity contribution is 6.08. The molecule has 3 heterocycles. The Morgan fingerprint density at radius 3 is 2.91 bits per heavy atom. The zero-order chi connectivity index (χ0) is 14.9. The van der Waals surface area contributed by atoms with Crippen LogP contribution in [0, 0.1) is 0 Å². The van der Waals surface area contributed by atoms with Crippen molar-refractivity contribution in [3.63, 3.8) is 0 Å². The van der Waals surface area contributed by atoms with E-state index in [1.54, 1.807) is 6.20 Å².